The van der Waals surface area contributed by atoms with Crippen LogP contribution < -0.4 is 0 Å². The van der Waals surface area contributed by atoms with Gasteiger partial charge in [0.05, 0.1) is 6.61 Å². The number of aliphatic imine (C=N–C) groups is 1. The van der Waals surface area contributed by atoms with Crippen LogP contribution in [0.3, 0.4) is 0 Å². The molecule has 0 aromatic heterocycles. The topological polar surface area (TPSA) is 21.6 Å². The Labute approximate surface area is 80.7 Å². The molecule has 1 aliphatic heterocycles. The molecule has 0 fully saturated rings. The van der Waals surface area contributed by atoms with Crippen molar-refractivity contribution in [3.8, 4) is 0 Å². The molecule has 0 aromatic rings. The SMILES string of the molecule is CC1C=CC(OCC(C)(C)C)=NC1. The second-order valence-electron chi connectivity index (χ2n) is 4.86. The molecule has 74 valence electrons. The molecule has 1 rings (SSSR count). The molecule has 0 spiro atoms. The summed E-state index contributed by atoms with van der Waals surface area (Å²) in [6.07, 6.45) is 4.12. The Kier molecular flexibility index (Phi) is 3.12. The minimum absolute atomic E-state index is 0.208. The molecular formula is C11H19NO. The largest absolute Gasteiger partial charge is 0.477 e. The Morgan fingerprint density at radius 2 is 2.23 bits per heavy atom. The van der Waals surface area contributed by atoms with Crippen LogP contribution in [-0.2, 0) is 4.74 Å². The van der Waals surface area contributed by atoms with Gasteiger partial charge in [0.1, 0.15) is 0 Å². The average Bonchev–Trinajstić information content (AvgIpc) is 2.02. The Balaban J connectivity index is 2.36. The monoisotopic (exact) mass is 181 g/mol. The summed E-state index contributed by atoms with van der Waals surface area (Å²) in [5.41, 5.74) is 0.208. The van der Waals surface area contributed by atoms with Crippen LogP contribution in [0.4, 0.5) is 0 Å². The van der Waals surface area contributed by atoms with Gasteiger partial charge in [-0.3, -0.25) is 4.99 Å². The van der Waals surface area contributed by atoms with E-state index < -0.39 is 0 Å². The summed E-state index contributed by atoms with van der Waals surface area (Å²) in [7, 11) is 0. The lowest BCUT2D eigenvalue weighted by Crippen LogP contribution is -2.19. The lowest BCUT2D eigenvalue weighted by Gasteiger charge is -2.20. The zero-order valence-electron chi connectivity index (χ0n) is 9.00. The third kappa shape index (κ3) is 4.11. The van der Waals surface area contributed by atoms with Gasteiger partial charge < -0.3 is 4.74 Å². The number of dihydropyridines is 1. The van der Waals surface area contributed by atoms with E-state index in [9.17, 15) is 0 Å². The molecular weight excluding hydrogens is 162 g/mol. The van der Waals surface area contributed by atoms with E-state index in [2.05, 4.69) is 38.8 Å². The molecule has 0 amide bonds. The minimum atomic E-state index is 0.208. The van der Waals surface area contributed by atoms with E-state index in [0.717, 1.165) is 19.0 Å². The van der Waals surface area contributed by atoms with Gasteiger partial charge in [0.2, 0.25) is 5.90 Å². The fourth-order valence-electron chi connectivity index (χ4n) is 0.978. The number of ether oxygens (including phenoxy) is 1. The van der Waals surface area contributed by atoms with Gasteiger partial charge in [0.25, 0.3) is 0 Å². The van der Waals surface area contributed by atoms with Gasteiger partial charge in [-0.2, -0.15) is 0 Å². The van der Waals surface area contributed by atoms with E-state index in [1.807, 2.05) is 6.08 Å². The zero-order valence-corrected chi connectivity index (χ0v) is 9.00. The number of hydrogen-bond donors (Lipinski definition) is 0. The second-order valence-corrected chi connectivity index (χ2v) is 4.86. The maximum absolute atomic E-state index is 5.56. The predicted octanol–water partition coefficient (Wildman–Crippen LogP) is 2.65. The molecule has 0 aromatic carbocycles. The quantitative estimate of drug-likeness (QED) is 0.609. The highest BCUT2D eigenvalue weighted by molar-refractivity contribution is 5.88. The maximum Gasteiger partial charge on any atom is 0.208 e. The van der Waals surface area contributed by atoms with Gasteiger partial charge >= 0.3 is 0 Å². The van der Waals surface area contributed by atoms with Gasteiger partial charge in [-0.1, -0.05) is 33.8 Å². The fraction of sp³-hybridized carbons (Fsp3) is 0.727. The van der Waals surface area contributed by atoms with Gasteiger partial charge in [-0.25, -0.2) is 0 Å². The van der Waals surface area contributed by atoms with Crippen molar-refractivity contribution in [1.29, 1.82) is 0 Å². The lowest BCUT2D eigenvalue weighted by molar-refractivity contribution is 0.187. The summed E-state index contributed by atoms with van der Waals surface area (Å²) in [4.78, 5) is 4.32. The first-order chi connectivity index (χ1) is 5.97. The van der Waals surface area contributed by atoms with Gasteiger partial charge in [-0.05, 0) is 17.4 Å². The molecule has 13 heavy (non-hydrogen) atoms. The summed E-state index contributed by atoms with van der Waals surface area (Å²) >= 11 is 0. The average molecular weight is 181 g/mol. The van der Waals surface area contributed by atoms with Crippen LogP contribution in [-0.4, -0.2) is 19.0 Å². The smallest absolute Gasteiger partial charge is 0.208 e. The van der Waals surface area contributed by atoms with Crippen LogP contribution in [0.25, 0.3) is 0 Å². The van der Waals surface area contributed by atoms with Crippen molar-refractivity contribution in [2.75, 3.05) is 13.2 Å². The Hall–Kier alpha value is -0.790. The van der Waals surface area contributed by atoms with E-state index in [1.54, 1.807) is 0 Å². The molecule has 1 atom stereocenters. The van der Waals surface area contributed by atoms with Crippen LogP contribution >= 0.6 is 0 Å². The fourth-order valence-corrected chi connectivity index (χ4v) is 0.978. The Bertz CT molecular complexity index is 223. The first kappa shape index (κ1) is 10.3. The molecule has 2 nitrogen and oxygen atoms in total. The van der Waals surface area contributed by atoms with Crippen LogP contribution in [0.5, 0.6) is 0 Å². The molecule has 2 heteroatoms. The van der Waals surface area contributed by atoms with Gasteiger partial charge in [0.15, 0.2) is 0 Å². The van der Waals surface area contributed by atoms with Crippen molar-refractivity contribution in [3.63, 3.8) is 0 Å². The van der Waals surface area contributed by atoms with Gasteiger partial charge in [0, 0.05) is 6.54 Å². The third-order valence-electron chi connectivity index (χ3n) is 1.76. The summed E-state index contributed by atoms with van der Waals surface area (Å²) in [5.74, 6) is 1.34. The molecule has 1 aliphatic rings. The molecule has 0 aliphatic carbocycles. The molecule has 0 bridgehead atoms. The highest BCUT2D eigenvalue weighted by Crippen LogP contribution is 2.14. The number of rotatable bonds is 1. The van der Waals surface area contributed by atoms with E-state index in [4.69, 9.17) is 4.74 Å². The van der Waals surface area contributed by atoms with E-state index >= 15 is 0 Å². The number of hydrogen-bond acceptors (Lipinski definition) is 2. The van der Waals surface area contributed by atoms with Crippen molar-refractivity contribution < 1.29 is 4.74 Å². The summed E-state index contributed by atoms with van der Waals surface area (Å²) in [6, 6.07) is 0. The molecule has 0 saturated heterocycles. The first-order valence-corrected chi connectivity index (χ1v) is 4.83. The molecule has 1 unspecified atom stereocenters. The van der Waals surface area contributed by atoms with Crippen LogP contribution in [0.15, 0.2) is 17.1 Å². The Morgan fingerprint density at radius 1 is 1.54 bits per heavy atom. The molecule has 0 N–H and O–H groups in total. The second kappa shape index (κ2) is 3.95. The predicted molar refractivity (Wildman–Crippen MR) is 56.0 cm³/mol. The minimum Gasteiger partial charge on any atom is -0.477 e. The van der Waals surface area contributed by atoms with E-state index in [1.165, 1.54) is 0 Å². The molecule has 0 radical (unpaired) electrons. The normalized spacial score (nSPS) is 22.8. The first-order valence-electron chi connectivity index (χ1n) is 4.83. The number of nitrogens with zero attached hydrogens (tertiary/aromatic N) is 1. The van der Waals surface area contributed by atoms with Crippen LogP contribution in [0.2, 0.25) is 0 Å². The van der Waals surface area contributed by atoms with E-state index in [-0.39, 0.29) is 5.41 Å². The molecule has 1 heterocycles. The van der Waals surface area contributed by atoms with Crippen molar-refractivity contribution in [2.24, 2.45) is 16.3 Å². The van der Waals surface area contributed by atoms with Crippen molar-refractivity contribution in [1.82, 2.24) is 0 Å². The lowest BCUT2D eigenvalue weighted by atomic mass is 9.99. The summed E-state index contributed by atoms with van der Waals surface area (Å²) in [6.45, 7) is 10.2. The van der Waals surface area contributed by atoms with Gasteiger partial charge in [-0.15, -0.1) is 0 Å². The highest BCUT2D eigenvalue weighted by Gasteiger charge is 2.13. The standard InChI is InChI=1S/C11H19NO/c1-9-5-6-10(12-7-9)13-8-11(2,3)4/h5-6,9H,7-8H2,1-4H3. The maximum atomic E-state index is 5.56. The van der Waals surface area contributed by atoms with Crippen molar-refractivity contribution in [2.45, 2.75) is 27.7 Å². The zero-order chi connectivity index (χ0) is 9.90. The van der Waals surface area contributed by atoms with E-state index in [0.29, 0.717) is 5.92 Å². The van der Waals surface area contributed by atoms with Crippen molar-refractivity contribution >= 4 is 5.90 Å². The highest BCUT2D eigenvalue weighted by atomic mass is 16.5. The summed E-state index contributed by atoms with van der Waals surface area (Å²) in [5, 5.41) is 0. The summed E-state index contributed by atoms with van der Waals surface area (Å²) < 4.78 is 5.56. The van der Waals surface area contributed by atoms with Crippen molar-refractivity contribution in [3.05, 3.63) is 12.2 Å². The van der Waals surface area contributed by atoms with Crippen LogP contribution in [0.1, 0.15) is 27.7 Å². The Morgan fingerprint density at radius 3 is 2.69 bits per heavy atom. The molecule has 0 saturated carbocycles. The van der Waals surface area contributed by atoms with Crippen LogP contribution in [0, 0.1) is 11.3 Å². The third-order valence-corrected chi connectivity index (χ3v) is 1.76.